The van der Waals surface area contributed by atoms with E-state index in [-0.39, 0.29) is 30.6 Å². The molecule has 1 N–H and O–H groups in total. The van der Waals surface area contributed by atoms with Crippen LogP contribution in [-0.2, 0) is 32.2 Å². The van der Waals surface area contributed by atoms with E-state index in [4.69, 9.17) is 9.47 Å². The lowest BCUT2D eigenvalue weighted by molar-refractivity contribution is -0.121. The molecule has 1 aliphatic heterocycles. The van der Waals surface area contributed by atoms with Crippen molar-refractivity contribution in [2.24, 2.45) is 0 Å². The Morgan fingerprint density at radius 3 is 2.43 bits per heavy atom. The molecule has 7 nitrogen and oxygen atoms in total. The number of amides is 3. The molecule has 0 unspecified atom stereocenters. The van der Waals surface area contributed by atoms with Crippen LogP contribution < -0.4 is 10.2 Å². The lowest BCUT2D eigenvalue weighted by atomic mass is 10.1. The SMILES string of the molecule is CCOCCOCc1cccc(CNC(=O)c2cccc(N3C(=O)CCC3=O)c2)c1. The minimum Gasteiger partial charge on any atom is -0.379 e. The van der Waals surface area contributed by atoms with E-state index in [1.165, 1.54) is 0 Å². The number of hydrogen-bond acceptors (Lipinski definition) is 5. The molecule has 1 fully saturated rings. The molecular weight excluding hydrogens is 384 g/mol. The van der Waals surface area contributed by atoms with Crippen molar-refractivity contribution in [2.45, 2.75) is 32.9 Å². The third-order valence-electron chi connectivity index (χ3n) is 4.71. The van der Waals surface area contributed by atoms with Crippen molar-refractivity contribution < 1.29 is 23.9 Å². The van der Waals surface area contributed by atoms with Crippen LogP contribution in [0.4, 0.5) is 5.69 Å². The van der Waals surface area contributed by atoms with Crippen molar-refractivity contribution in [3.63, 3.8) is 0 Å². The fourth-order valence-electron chi connectivity index (χ4n) is 3.22. The molecule has 30 heavy (non-hydrogen) atoms. The second-order valence-corrected chi connectivity index (χ2v) is 6.93. The Labute approximate surface area is 176 Å². The summed E-state index contributed by atoms with van der Waals surface area (Å²) in [5.74, 6) is -0.745. The first-order valence-electron chi connectivity index (χ1n) is 10.1. The van der Waals surface area contributed by atoms with Crippen molar-refractivity contribution in [1.82, 2.24) is 5.32 Å². The van der Waals surface area contributed by atoms with Gasteiger partial charge in [0.2, 0.25) is 11.8 Å². The topological polar surface area (TPSA) is 84.9 Å². The van der Waals surface area contributed by atoms with Gasteiger partial charge in [-0.15, -0.1) is 0 Å². The van der Waals surface area contributed by atoms with Crippen LogP contribution in [0.1, 0.15) is 41.3 Å². The number of imide groups is 1. The molecule has 1 saturated heterocycles. The highest BCUT2D eigenvalue weighted by molar-refractivity contribution is 6.20. The van der Waals surface area contributed by atoms with E-state index in [9.17, 15) is 14.4 Å². The normalized spacial score (nSPS) is 13.7. The molecule has 0 saturated carbocycles. The Morgan fingerprint density at radius 1 is 0.967 bits per heavy atom. The zero-order chi connectivity index (χ0) is 21.3. The molecule has 158 valence electrons. The van der Waals surface area contributed by atoms with Crippen molar-refractivity contribution in [3.05, 3.63) is 65.2 Å². The Balaban J connectivity index is 1.56. The minimum atomic E-state index is -0.269. The molecule has 1 aliphatic rings. The third kappa shape index (κ3) is 5.75. The smallest absolute Gasteiger partial charge is 0.251 e. The highest BCUT2D eigenvalue weighted by Crippen LogP contribution is 2.23. The second-order valence-electron chi connectivity index (χ2n) is 6.93. The predicted octanol–water partition coefficient (Wildman–Crippen LogP) is 2.82. The summed E-state index contributed by atoms with van der Waals surface area (Å²) in [4.78, 5) is 37.6. The first-order chi connectivity index (χ1) is 14.6. The number of hydrogen-bond donors (Lipinski definition) is 1. The van der Waals surface area contributed by atoms with Crippen molar-refractivity contribution in [1.29, 1.82) is 0 Å². The van der Waals surface area contributed by atoms with Crippen molar-refractivity contribution in [3.8, 4) is 0 Å². The van der Waals surface area contributed by atoms with Crippen LogP contribution in [-0.4, -0.2) is 37.5 Å². The van der Waals surface area contributed by atoms with E-state index in [2.05, 4.69) is 5.32 Å². The maximum Gasteiger partial charge on any atom is 0.251 e. The molecule has 7 heteroatoms. The van der Waals surface area contributed by atoms with Crippen LogP contribution in [0.5, 0.6) is 0 Å². The average molecular weight is 410 g/mol. The van der Waals surface area contributed by atoms with Crippen LogP contribution in [0.2, 0.25) is 0 Å². The van der Waals surface area contributed by atoms with E-state index in [1.807, 2.05) is 31.2 Å². The highest BCUT2D eigenvalue weighted by atomic mass is 16.5. The Kier molecular flexibility index (Phi) is 7.70. The van der Waals surface area contributed by atoms with E-state index >= 15 is 0 Å². The number of anilines is 1. The molecule has 0 aromatic heterocycles. The van der Waals surface area contributed by atoms with Gasteiger partial charge < -0.3 is 14.8 Å². The summed E-state index contributed by atoms with van der Waals surface area (Å²) in [6, 6.07) is 14.4. The number of nitrogens with one attached hydrogen (secondary N) is 1. The summed E-state index contributed by atoms with van der Waals surface area (Å²) in [6.45, 7) is 4.56. The molecule has 1 heterocycles. The fraction of sp³-hybridized carbons (Fsp3) is 0.348. The zero-order valence-electron chi connectivity index (χ0n) is 17.1. The van der Waals surface area contributed by atoms with E-state index in [1.54, 1.807) is 24.3 Å². The van der Waals surface area contributed by atoms with Gasteiger partial charge in [0.05, 0.1) is 25.5 Å². The van der Waals surface area contributed by atoms with Gasteiger partial charge >= 0.3 is 0 Å². The second kappa shape index (κ2) is 10.7. The van der Waals surface area contributed by atoms with Crippen LogP contribution in [0.15, 0.2) is 48.5 Å². The van der Waals surface area contributed by atoms with E-state index in [0.29, 0.717) is 44.2 Å². The largest absolute Gasteiger partial charge is 0.379 e. The molecule has 0 radical (unpaired) electrons. The van der Waals surface area contributed by atoms with Gasteiger partial charge in [-0.2, -0.15) is 0 Å². The zero-order valence-corrected chi connectivity index (χ0v) is 17.1. The number of rotatable bonds is 10. The Bertz CT molecular complexity index is 896. The number of carbonyl (C=O) groups excluding carboxylic acids is 3. The lowest BCUT2D eigenvalue weighted by Gasteiger charge is -2.15. The summed E-state index contributed by atoms with van der Waals surface area (Å²) in [6.07, 6.45) is 0.419. The quantitative estimate of drug-likeness (QED) is 0.481. The van der Waals surface area contributed by atoms with Gasteiger partial charge in [0.15, 0.2) is 0 Å². The first-order valence-corrected chi connectivity index (χ1v) is 10.1. The number of ether oxygens (including phenoxy) is 2. The average Bonchev–Trinajstić information content (AvgIpc) is 3.10. The molecular formula is C23H26N2O5. The van der Waals surface area contributed by atoms with Crippen molar-refractivity contribution >= 4 is 23.4 Å². The van der Waals surface area contributed by atoms with Crippen molar-refractivity contribution in [2.75, 3.05) is 24.7 Å². The van der Waals surface area contributed by atoms with Gasteiger partial charge in [-0.3, -0.25) is 19.3 Å². The molecule has 0 atom stereocenters. The van der Waals surface area contributed by atoms with Gasteiger partial charge in [-0.25, -0.2) is 0 Å². The van der Waals surface area contributed by atoms with Crippen LogP contribution in [0, 0.1) is 0 Å². The van der Waals surface area contributed by atoms with Gasteiger partial charge in [0.1, 0.15) is 0 Å². The molecule has 0 bridgehead atoms. The first kappa shape index (κ1) is 21.7. The molecule has 2 aromatic carbocycles. The number of carbonyl (C=O) groups is 3. The van der Waals surface area contributed by atoms with Gasteiger partial charge in [-0.1, -0.05) is 30.3 Å². The van der Waals surface area contributed by atoms with Crippen LogP contribution in [0.3, 0.4) is 0 Å². The highest BCUT2D eigenvalue weighted by Gasteiger charge is 2.30. The van der Waals surface area contributed by atoms with E-state index < -0.39 is 0 Å². The molecule has 2 aromatic rings. The Hall–Kier alpha value is -3.03. The summed E-state index contributed by atoms with van der Waals surface area (Å²) >= 11 is 0. The summed E-state index contributed by atoms with van der Waals surface area (Å²) < 4.78 is 10.8. The number of nitrogens with zero attached hydrogens (tertiary/aromatic N) is 1. The fourth-order valence-corrected chi connectivity index (χ4v) is 3.22. The standard InChI is InChI=1S/C23H26N2O5/c1-2-29-11-12-30-16-18-6-3-5-17(13-18)15-24-23(28)19-7-4-8-20(14-19)25-21(26)9-10-22(25)27/h3-8,13-14H,2,9-12,15-16H2,1H3,(H,24,28). The number of benzene rings is 2. The summed E-state index contributed by atoms with van der Waals surface area (Å²) in [7, 11) is 0. The minimum absolute atomic E-state index is 0.209. The van der Waals surface area contributed by atoms with Gasteiger partial charge in [-0.05, 0) is 36.2 Å². The van der Waals surface area contributed by atoms with Crippen LogP contribution >= 0.6 is 0 Å². The molecule has 3 amide bonds. The molecule has 0 aliphatic carbocycles. The maximum atomic E-state index is 12.6. The maximum absolute atomic E-state index is 12.6. The monoisotopic (exact) mass is 410 g/mol. The Morgan fingerprint density at radius 2 is 1.67 bits per heavy atom. The predicted molar refractivity (Wildman–Crippen MR) is 112 cm³/mol. The molecule has 0 spiro atoms. The summed E-state index contributed by atoms with van der Waals surface area (Å²) in [5.41, 5.74) is 2.80. The molecule has 3 rings (SSSR count). The van der Waals surface area contributed by atoms with Gasteiger partial charge in [0, 0.05) is 31.6 Å². The van der Waals surface area contributed by atoms with Gasteiger partial charge in [0.25, 0.3) is 5.91 Å². The lowest BCUT2D eigenvalue weighted by Crippen LogP contribution is -2.29. The third-order valence-corrected chi connectivity index (χ3v) is 4.71. The summed E-state index contributed by atoms with van der Waals surface area (Å²) in [5, 5.41) is 2.88. The van der Waals surface area contributed by atoms with Crippen LogP contribution in [0.25, 0.3) is 0 Å². The van der Waals surface area contributed by atoms with E-state index in [0.717, 1.165) is 16.0 Å².